The van der Waals surface area contributed by atoms with Crippen molar-refractivity contribution in [3.05, 3.63) is 71.3 Å². The largest absolute Gasteiger partial charge is 0.356 e. The summed E-state index contributed by atoms with van der Waals surface area (Å²) in [6.45, 7) is 5.74. The molecule has 0 spiro atoms. The molecular weight excluding hydrogens is 324 g/mol. The van der Waals surface area contributed by atoms with Crippen molar-refractivity contribution in [1.82, 2.24) is 10.2 Å². The summed E-state index contributed by atoms with van der Waals surface area (Å²) in [6, 6.07) is 17.7. The third-order valence-electron chi connectivity index (χ3n) is 5.02. The van der Waals surface area contributed by atoms with Gasteiger partial charge in [0.2, 0.25) is 5.91 Å². The van der Waals surface area contributed by atoms with Crippen LogP contribution in [0, 0.1) is 12.8 Å². The fraction of sp³-hybridized carbons (Fsp3) is 0.364. The third-order valence-corrected chi connectivity index (χ3v) is 5.02. The van der Waals surface area contributed by atoms with Crippen LogP contribution in [-0.4, -0.2) is 36.3 Å². The Labute approximate surface area is 155 Å². The average molecular weight is 350 g/mol. The second-order valence-electron chi connectivity index (χ2n) is 6.99. The zero-order valence-electron chi connectivity index (χ0n) is 15.4. The first-order valence-corrected chi connectivity index (χ1v) is 9.28. The SMILES string of the molecule is CCCNC(=O)[C@@H]1CN(C(=O)c2ccc(C)cc2)C[C@H]1c1ccccc1. The minimum Gasteiger partial charge on any atom is -0.356 e. The molecule has 136 valence electrons. The lowest BCUT2D eigenvalue weighted by atomic mass is 9.88. The summed E-state index contributed by atoms with van der Waals surface area (Å²) in [5.41, 5.74) is 2.92. The number of carbonyl (C=O) groups is 2. The zero-order chi connectivity index (χ0) is 18.5. The van der Waals surface area contributed by atoms with Crippen molar-refractivity contribution >= 4 is 11.8 Å². The minimum absolute atomic E-state index is 0.00303. The number of aryl methyl sites for hydroxylation is 1. The second-order valence-corrected chi connectivity index (χ2v) is 6.99. The first-order valence-electron chi connectivity index (χ1n) is 9.28. The Bertz CT molecular complexity index is 755. The second kappa shape index (κ2) is 8.17. The van der Waals surface area contributed by atoms with Crippen LogP contribution in [0.2, 0.25) is 0 Å². The van der Waals surface area contributed by atoms with E-state index in [0.29, 0.717) is 25.2 Å². The number of likely N-dealkylation sites (tertiary alicyclic amines) is 1. The maximum Gasteiger partial charge on any atom is 0.253 e. The van der Waals surface area contributed by atoms with Gasteiger partial charge in [0, 0.05) is 31.1 Å². The molecule has 0 aliphatic carbocycles. The lowest BCUT2D eigenvalue weighted by Gasteiger charge is -2.17. The van der Waals surface area contributed by atoms with Gasteiger partial charge in [-0.3, -0.25) is 9.59 Å². The molecule has 1 aliphatic heterocycles. The topological polar surface area (TPSA) is 49.4 Å². The van der Waals surface area contributed by atoms with E-state index in [9.17, 15) is 9.59 Å². The fourth-order valence-corrected chi connectivity index (χ4v) is 3.53. The van der Waals surface area contributed by atoms with Crippen molar-refractivity contribution in [1.29, 1.82) is 0 Å². The molecule has 2 aromatic rings. The van der Waals surface area contributed by atoms with Crippen molar-refractivity contribution in [3.63, 3.8) is 0 Å². The van der Waals surface area contributed by atoms with Gasteiger partial charge < -0.3 is 10.2 Å². The average Bonchev–Trinajstić information content (AvgIpc) is 3.12. The van der Waals surface area contributed by atoms with Crippen LogP contribution in [0.15, 0.2) is 54.6 Å². The third kappa shape index (κ3) is 3.96. The van der Waals surface area contributed by atoms with Crippen molar-refractivity contribution < 1.29 is 9.59 Å². The van der Waals surface area contributed by atoms with E-state index < -0.39 is 0 Å². The smallest absolute Gasteiger partial charge is 0.253 e. The molecule has 2 atom stereocenters. The molecule has 26 heavy (non-hydrogen) atoms. The normalized spacial score (nSPS) is 19.4. The van der Waals surface area contributed by atoms with Crippen LogP contribution in [0.4, 0.5) is 0 Å². The predicted molar refractivity (Wildman–Crippen MR) is 103 cm³/mol. The van der Waals surface area contributed by atoms with Crippen LogP contribution in [0.3, 0.4) is 0 Å². The van der Waals surface area contributed by atoms with Crippen LogP contribution >= 0.6 is 0 Å². The number of hydrogen-bond acceptors (Lipinski definition) is 2. The van der Waals surface area contributed by atoms with Crippen molar-refractivity contribution in [2.75, 3.05) is 19.6 Å². The Kier molecular flexibility index (Phi) is 5.71. The molecule has 4 nitrogen and oxygen atoms in total. The lowest BCUT2D eigenvalue weighted by Crippen LogP contribution is -2.36. The highest BCUT2D eigenvalue weighted by atomic mass is 16.2. The summed E-state index contributed by atoms with van der Waals surface area (Å²) in [6.07, 6.45) is 0.903. The number of hydrogen-bond donors (Lipinski definition) is 1. The van der Waals surface area contributed by atoms with E-state index in [-0.39, 0.29) is 23.7 Å². The molecule has 1 N–H and O–H groups in total. The number of amides is 2. The summed E-state index contributed by atoms with van der Waals surface area (Å²) >= 11 is 0. The Morgan fingerprint density at radius 1 is 1.04 bits per heavy atom. The molecule has 4 heteroatoms. The van der Waals surface area contributed by atoms with Gasteiger partial charge in [-0.05, 0) is 31.0 Å². The number of benzene rings is 2. The fourth-order valence-electron chi connectivity index (χ4n) is 3.53. The van der Waals surface area contributed by atoms with E-state index in [2.05, 4.69) is 5.32 Å². The van der Waals surface area contributed by atoms with Crippen LogP contribution in [0.1, 0.15) is 40.7 Å². The quantitative estimate of drug-likeness (QED) is 0.899. The van der Waals surface area contributed by atoms with Crippen molar-refractivity contribution in [2.24, 2.45) is 5.92 Å². The van der Waals surface area contributed by atoms with E-state index in [0.717, 1.165) is 17.5 Å². The highest BCUT2D eigenvalue weighted by Gasteiger charge is 2.40. The number of nitrogens with one attached hydrogen (secondary N) is 1. The van der Waals surface area contributed by atoms with Crippen LogP contribution in [-0.2, 0) is 4.79 Å². The van der Waals surface area contributed by atoms with Gasteiger partial charge in [-0.2, -0.15) is 0 Å². The lowest BCUT2D eigenvalue weighted by molar-refractivity contribution is -0.124. The van der Waals surface area contributed by atoms with Gasteiger partial charge in [0.05, 0.1) is 5.92 Å². The van der Waals surface area contributed by atoms with Crippen LogP contribution in [0.5, 0.6) is 0 Å². The highest BCUT2D eigenvalue weighted by molar-refractivity contribution is 5.95. The van der Waals surface area contributed by atoms with Gasteiger partial charge >= 0.3 is 0 Å². The molecule has 1 aliphatic rings. The molecule has 0 aromatic heterocycles. The van der Waals surface area contributed by atoms with E-state index >= 15 is 0 Å². The summed E-state index contributed by atoms with van der Waals surface area (Å²) in [4.78, 5) is 27.4. The van der Waals surface area contributed by atoms with Gasteiger partial charge in [0.15, 0.2) is 0 Å². The van der Waals surface area contributed by atoms with E-state index in [4.69, 9.17) is 0 Å². The first kappa shape index (κ1) is 18.2. The van der Waals surface area contributed by atoms with Gasteiger partial charge in [-0.15, -0.1) is 0 Å². The molecule has 1 heterocycles. The first-order chi connectivity index (χ1) is 12.6. The number of rotatable bonds is 5. The van der Waals surface area contributed by atoms with E-state index in [1.165, 1.54) is 0 Å². The van der Waals surface area contributed by atoms with E-state index in [1.54, 1.807) is 0 Å². The Balaban J connectivity index is 1.82. The molecule has 0 unspecified atom stereocenters. The Morgan fingerprint density at radius 3 is 2.38 bits per heavy atom. The molecule has 1 saturated heterocycles. The zero-order valence-corrected chi connectivity index (χ0v) is 15.4. The predicted octanol–water partition coefficient (Wildman–Crippen LogP) is 3.38. The van der Waals surface area contributed by atoms with Crippen molar-refractivity contribution in [3.8, 4) is 0 Å². The molecule has 0 bridgehead atoms. The molecular formula is C22H26N2O2. The Morgan fingerprint density at radius 2 is 1.73 bits per heavy atom. The van der Waals surface area contributed by atoms with Gasteiger partial charge in [0.25, 0.3) is 5.91 Å². The van der Waals surface area contributed by atoms with Crippen LogP contribution < -0.4 is 5.32 Å². The Hall–Kier alpha value is -2.62. The minimum atomic E-state index is -0.210. The molecule has 0 saturated carbocycles. The molecule has 1 fully saturated rings. The summed E-state index contributed by atoms with van der Waals surface area (Å²) in [7, 11) is 0. The number of carbonyl (C=O) groups excluding carboxylic acids is 2. The maximum atomic E-state index is 12.9. The molecule has 3 rings (SSSR count). The standard InChI is InChI=1S/C22H26N2O2/c1-3-13-23-21(25)20-15-24(14-19(20)17-7-5-4-6-8-17)22(26)18-11-9-16(2)10-12-18/h4-12,19-20H,3,13-15H2,1-2H3,(H,23,25)/t19-,20+/m0/s1. The summed E-state index contributed by atoms with van der Waals surface area (Å²) in [5, 5.41) is 3.00. The van der Waals surface area contributed by atoms with Gasteiger partial charge in [-0.25, -0.2) is 0 Å². The van der Waals surface area contributed by atoms with Crippen LogP contribution in [0.25, 0.3) is 0 Å². The maximum absolute atomic E-state index is 12.9. The monoisotopic (exact) mass is 350 g/mol. The molecule has 2 amide bonds. The van der Waals surface area contributed by atoms with E-state index in [1.807, 2.05) is 73.3 Å². The van der Waals surface area contributed by atoms with Gasteiger partial charge in [-0.1, -0.05) is 55.0 Å². The highest BCUT2D eigenvalue weighted by Crippen LogP contribution is 2.33. The van der Waals surface area contributed by atoms with Crippen molar-refractivity contribution in [2.45, 2.75) is 26.2 Å². The number of nitrogens with zero attached hydrogens (tertiary/aromatic N) is 1. The summed E-state index contributed by atoms with van der Waals surface area (Å²) < 4.78 is 0. The van der Waals surface area contributed by atoms with Gasteiger partial charge in [0.1, 0.15) is 0 Å². The molecule has 2 aromatic carbocycles. The molecule has 0 radical (unpaired) electrons. The summed E-state index contributed by atoms with van der Waals surface area (Å²) in [5.74, 6) is -0.141.